The molecule has 6 nitrogen and oxygen atoms in total. The molecule has 0 aromatic rings. The molecule has 0 heterocycles. The first-order valence-electron chi connectivity index (χ1n) is 11.1. The highest BCUT2D eigenvalue weighted by molar-refractivity contribution is 5.80. The molecule has 0 aromatic heterocycles. The van der Waals surface area contributed by atoms with E-state index in [1.807, 2.05) is 0 Å². The van der Waals surface area contributed by atoms with Crippen LogP contribution in [-0.2, 0) is 28.6 Å². The second-order valence-electron chi connectivity index (χ2n) is 8.21. The number of hydrogen-bond donors (Lipinski definition) is 0. The molecule has 0 radical (unpaired) electrons. The van der Waals surface area contributed by atoms with E-state index < -0.39 is 84.9 Å². The normalized spacial score (nSPS) is 14.4. The Balaban J connectivity index is 6.10. The van der Waals surface area contributed by atoms with E-state index in [1.165, 1.54) is 0 Å². The lowest BCUT2D eigenvalue weighted by atomic mass is 9.87. The van der Waals surface area contributed by atoms with Crippen molar-refractivity contribution in [3.63, 3.8) is 0 Å². The molecule has 22 heteroatoms. The third-order valence-corrected chi connectivity index (χ3v) is 5.13. The van der Waals surface area contributed by atoms with E-state index in [4.69, 9.17) is 0 Å². The zero-order valence-corrected chi connectivity index (χ0v) is 20.9. The third-order valence-electron chi connectivity index (χ3n) is 5.13. The molecule has 0 N–H and O–H groups in total. The first kappa shape index (κ1) is 39.3. The number of halogens is 16. The number of esters is 3. The van der Waals surface area contributed by atoms with E-state index in [-0.39, 0.29) is 25.9 Å². The van der Waals surface area contributed by atoms with Crippen LogP contribution in [0.4, 0.5) is 70.2 Å². The molecule has 42 heavy (non-hydrogen) atoms. The van der Waals surface area contributed by atoms with Crippen LogP contribution in [0.15, 0.2) is 0 Å². The quantitative estimate of drug-likeness (QED) is 0.0790. The summed E-state index contributed by atoms with van der Waals surface area (Å²) >= 11 is 0. The second kappa shape index (κ2) is 12.9. The van der Waals surface area contributed by atoms with Gasteiger partial charge in [0.05, 0.1) is 19.8 Å². The fourth-order valence-electron chi connectivity index (χ4n) is 2.69. The minimum absolute atomic E-state index is 0.101. The summed E-state index contributed by atoms with van der Waals surface area (Å²) in [4.78, 5) is 32.6. The Morgan fingerprint density at radius 2 is 0.738 bits per heavy atom. The number of rotatable bonds is 17. The minimum Gasteiger partial charge on any atom is -0.466 e. The van der Waals surface area contributed by atoms with Gasteiger partial charge in [-0.05, 0) is 32.6 Å². The Morgan fingerprint density at radius 3 is 1.05 bits per heavy atom. The molecule has 0 aromatic carbocycles. The SMILES string of the molecule is CCOC(=O)C(F)(F)C(F)(F)C(F)(F)C(F)(F)C(F)(F)C(F)(F)C(F)(F)C(F)(F)C(=O)OCCCCCCOC(C)=O. The maximum atomic E-state index is 13.9. The smallest absolute Gasteiger partial charge is 0.410 e. The Kier molecular flexibility index (Phi) is 12.1. The molecule has 0 aliphatic carbocycles. The third kappa shape index (κ3) is 6.60. The van der Waals surface area contributed by atoms with E-state index >= 15 is 0 Å². The average molecular weight is 660 g/mol. The maximum Gasteiger partial charge on any atom is 0.410 e. The summed E-state index contributed by atoms with van der Waals surface area (Å²) < 4.78 is 231. The van der Waals surface area contributed by atoms with Crippen molar-refractivity contribution >= 4 is 17.9 Å². The number of carbonyl (C=O) groups excluding carboxylic acids is 3. The van der Waals surface area contributed by atoms with Gasteiger partial charge in [-0.3, -0.25) is 4.79 Å². The Morgan fingerprint density at radius 1 is 0.452 bits per heavy atom. The van der Waals surface area contributed by atoms with Crippen LogP contribution in [0.3, 0.4) is 0 Å². The van der Waals surface area contributed by atoms with Crippen LogP contribution in [0.25, 0.3) is 0 Å². The molecule has 0 aliphatic rings. The topological polar surface area (TPSA) is 78.9 Å². The van der Waals surface area contributed by atoms with Gasteiger partial charge in [-0.25, -0.2) is 9.59 Å². The van der Waals surface area contributed by atoms with Crippen molar-refractivity contribution < 1.29 is 98.8 Å². The molecule has 0 unspecified atom stereocenters. The van der Waals surface area contributed by atoms with Crippen LogP contribution in [0.5, 0.6) is 0 Å². The van der Waals surface area contributed by atoms with Gasteiger partial charge >= 0.3 is 65.3 Å². The van der Waals surface area contributed by atoms with Crippen LogP contribution in [0.1, 0.15) is 39.5 Å². The van der Waals surface area contributed by atoms with E-state index in [0.717, 1.165) is 6.92 Å². The predicted molar refractivity (Wildman–Crippen MR) is 102 cm³/mol. The van der Waals surface area contributed by atoms with Gasteiger partial charge in [-0.15, -0.1) is 0 Å². The molecular formula is C20H20F16O6. The molecule has 0 saturated heterocycles. The number of ether oxygens (including phenoxy) is 3. The van der Waals surface area contributed by atoms with E-state index in [1.54, 1.807) is 0 Å². The fraction of sp³-hybridized carbons (Fsp3) is 0.850. The summed E-state index contributed by atoms with van der Waals surface area (Å²) in [5, 5.41) is 0. The highest BCUT2D eigenvalue weighted by Gasteiger charge is 2.96. The Hall–Kier alpha value is -2.71. The predicted octanol–water partition coefficient (Wildman–Crippen LogP) is 6.30. The standard InChI is InChI=1S/C20H20F16O6/c1-3-40-11(38)13(21,22)15(25,26)17(29,30)19(33,34)20(35,36)18(31,32)16(27,28)14(23,24)12(39)42-9-7-5-4-6-8-41-10(2)37/h3-9H2,1-2H3. The summed E-state index contributed by atoms with van der Waals surface area (Å²) in [6, 6.07) is 0. The number of unbranched alkanes of at least 4 members (excludes halogenated alkanes) is 3. The number of hydrogen-bond acceptors (Lipinski definition) is 6. The van der Waals surface area contributed by atoms with Crippen molar-refractivity contribution in [3.8, 4) is 0 Å². The lowest BCUT2D eigenvalue weighted by Gasteiger charge is -2.42. The molecule has 248 valence electrons. The lowest BCUT2D eigenvalue weighted by molar-refractivity contribution is -0.449. The molecule has 0 rings (SSSR count). The molecule has 0 amide bonds. The summed E-state index contributed by atoms with van der Waals surface area (Å²) in [6.45, 7) is -1.19. The molecule has 0 saturated carbocycles. The van der Waals surface area contributed by atoms with E-state index in [0.29, 0.717) is 6.92 Å². The van der Waals surface area contributed by atoms with Crippen LogP contribution in [0.2, 0.25) is 0 Å². The van der Waals surface area contributed by atoms with Crippen molar-refractivity contribution in [1.82, 2.24) is 0 Å². The molecule has 0 fully saturated rings. The average Bonchev–Trinajstić information content (AvgIpc) is 2.84. The van der Waals surface area contributed by atoms with E-state index in [9.17, 15) is 84.6 Å². The van der Waals surface area contributed by atoms with Crippen LogP contribution in [-0.4, -0.2) is 85.1 Å². The van der Waals surface area contributed by atoms with Crippen molar-refractivity contribution in [2.24, 2.45) is 0 Å². The summed E-state index contributed by atoms with van der Waals surface area (Å²) in [5.74, 6) is -73.5. The van der Waals surface area contributed by atoms with Gasteiger partial charge in [0.25, 0.3) is 0 Å². The molecule has 0 atom stereocenters. The highest BCUT2D eigenvalue weighted by atomic mass is 19.4. The Bertz CT molecular complexity index is 966. The van der Waals surface area contributed by atoms with Gasteiger partial charge in [-0.2, -0.15) is 70.2 Å². The van der Waals surface area contributed by atoms with Gasteiger partial charge in [-0.1, -0.05) is 0 Å². The van der Waals surface area contributed by atoms with Crippen molar-refractivity contribution in [3.05, 3.63) is 0 Å². The minimum atomic E-state index is -8.76. The molecule has 0 spiro atoms. The van der Waals surface area contributed by atoms with Crippen molar-refractivity contribution in [1.29, 1.82) is 0 Å². The second-order valence-corrected chi connectivity index (χ2v) is 8.21. The largest absolute Gasteiger partial charge is 0.466 e. The van der Waals surface area contributed by atoms with Gasteiger partial charge in [0, 0.05) is 6.92 Å². The van der Waals surface area contributed by atoms with Gasteiger partial charge in [0.15, 0.2) is 0 Å². The molecule has 0 aliphatic heterocycles. The summed E-state index contributed by atoms with van der Waals surface area (Å²) in [5.41, 5.74) is 0. The number of alkyl halides is 16. The zero-order valence-electron chi connectivity index (χ0n) is 20.9. The summed E-state index contributed by atoms with van der Waals surface area (Å²) in [7, 11) is 0. The van der Waals surface area contributed by atoms with Crippen LogP contribution < -0.4 is 0 Å². The van der Waals surface area contributed by atoms with Crippen LogP contribution in [0, 0.1) is 0 Å². The van der Waals surface area contributed by atoms with Gasteiger partial charge < -0.3 is 14.2 Å². The van der Waals surface area contributed by atoms with Crippen LogP contribution >= 0.6 is 0 Å². The first-order valence-corrected chi connectivity index (χ1v) is 11.1. The molecular weight excluding hydrogens is 640 g/mol. The monoisotopic (exact) mass is 660 g/mol. The van der Waals surface area contributed by atoms with Crippen molar-refractivity contribution in [2.75, 3.05) is 19.8 Å². The lowest BCUT2D eigenvalue weighted by Crippen LogP contribution is -2.75. The zero-order chi connectivity index (χ0) is 33.8. The van der Waals surface area contributed by atoms with Gasteiger partial charge in [0.2, 0.25) is 0 Å². The summed E-state index contributed by atoms with van der Waals surface area (Å²) in [6.07, 6.45) is -0.373. The van der Waals surface area contributed by atoms with E-state index in [2.05, 4.69) is 14.2 Å². The maximum absolute atomic E-state index is 13.9. The Labute approximate surface area is 224 Å². The first-order chi connectivity index (χ1) is 18.6. The number of carbonyl (C=O) groups is 3. The molecule has 0 bridgehead atoms. The fourth-order valence-corrected chi connectivity index (χ4v) is 2.69. The van der Waals surface area contributed by atoms with Crippen molar-refractivity contribution in [2.45, 2.75) is 86.9 Å². The highest BCUT2D eigenvalue weighted by Crippen LogP contribution is 2.64. The van der Waals surface area contributed by atoms with Gasteiger partial charge in [0.1, 0.15) is 0 Å².